The molecule has 0 saturated heterocycles. The fourth-order valence-electron chi connectivity index (χ4n) is 2.82. The molecule has 0 aliphatic carbocycles. The zero-order valence-electron chi connectivity index (χ0n) is 13.4. The third-order valence-electron chi connectivity index (χ3n) is 4.17. The Hall–Kier alpha value is -2.72. The molecule has 120 valence electrons. The second-order valence-electron chi connectivity index (χ2n) is 5.89. The van der Waals surface area contributed by atoms with Crippen LogP contribution in [-0.2, 0) is 19.6 Å². The first-order chi connectivity index (χ1) is 11.9. The average Bonchev–Trinajstić information content (AvgIpc) is 2.67. The molecule has 0 radical (unpaired) electrons. The summed E-state index contributed by atoms with van der Waals surface area (Å²) >= 11 is 0. The Morgan fingerprint density at radius 3 is 2.67 bits per heavy atom. The second kappa shape index (κ2) is 6.81. The molecule has 1 N–H and O–H groups in total. The summed E-state index contributed by atoms with van der Waals surface area (Å²) in [5.74, 6) is 1.63. The summed E-state index contributed by atoms with van der Waals surface area (Å²) in [6.45, 7) is 2.42. The van der Waals surface area contributed by atoms with Crippen molar-refractivity contribution < 1.29 is 4.74 Å². The highest BCUT2D eigenvalue weighted by Crippen LogP contribution is 2.22. The molecule has 4 nitrogen and oxygen atoms in total. The molecule has 0 amide bonds. The Morgan fingerprint density at radius 1 is 1.00 bits per heavy atom. The number of nitrogens with one attached hydrogen (secondary N) is 1. The Morgan fingerprint density at radius 2 is 1.83 bits per heavy atom. The quantitative estimate of drug-likeness (QED) is 0.801. The Labute approximate surface area is 141 Å². The van der Waals surface area contributed by atoms with Gasteiger partial charge >= 0.3 is 0 Å². The van der Waals surface area contributed by atoms with Crippen LogP contribution in [0.2, 0.25) is 0 Å². The van der Waals surface area contributed by atoms with Gasteiger partial charge in [-0.1, -0.05) is 30.3 Å². The van der Waals surface area contributed by atoms with Crippen LogP contribution < -0.4 is 10.1 Å². The number of nitrogens with zero attached hydrogens (tertiary/aromatic N) is 2. The van der Waals surface area contributed by atoms with E-state index in [4.69, 9.17) is 9.72 Å². The van der Waals surface area contributed by atoms with E-state index in [-0.39, 0.29) is 0 Å². The largest absolute Gasteiger partial charge is 0.489 e. The van der Waals surface area contributed by atoms with Crippen LogP contribution in [0.4, 0.5) is 0 Å². The maximum atomic E-state index is 5.82. The van der Waals surface area contributed by atoms with Gasteiger partial charge in [-0.2, -0.15) is 0 Å². The molecule has 0 unspecified atom stereocenters. The topological polar surface area (TPSA) is 47.0 Å². The summed E-state index contributed by atoms with van der Waals surface area (Å²) in [6.07, 6.45) is 2.90. The lowest BCUT2D eigenvalue weighted by molar-refractivity contribution is 0.306. The third kappa shape index (κ3) is 3.29. The lowest BCUT2D eigenvalue weighted by Crippen LogP contribution is -2.24. The molecule has 2 heterocycles. The van der Waals surface area contributed by atoms with Crippen LogP contribution in [0.1, 0.15) is 16.8 Å². The number of rotatable bonds is 4. The smallest absolute Gasteiger partial charge is 0.159 e. The molecule has 0 atom stereocenters. The van der Waals surface area contributed by atoms with Crippen molar-refractivity contribution in [3.8, 4) is 17.1 Å². The van der Waals surface area contributed by atoms with E-state index in [9.17, 15) is 0 Å². The van der Waals surface area contributed by atoms with Gasteiger partial charge in [0.05, 0.1) is 5.69 Å². The van der Waals surface area contributed by atoms with Gasteiger partial charge in [0.15, 0.2) is 5.82 Å². The SMILES string of the molecule is c1ccc(COc2ccc(-c3ncc4c(n3)CCNC4)cc2)cc1. The molecule has 1 aliphatic heterocycles. The lowest BCUT2D eigenvalue weighted by atomic mass is 10.1. The van der Waals surface area contributed by atoms with Crippen LogP contribution >= 0.6 is 0 Å². The summed E-state index contributed by atoms with van der Waals surface area (Å²) in [6, 6.07) is 18.1. The Bertz CT molecular complexity index is 816. The molecule has 0 spiro atoms. The molecule has 2 aromatic carbocycles. The minimum atomic E-state index is 0.572. The van der Waals surface area contributed by atoms with Crippen molar-refractivity contribution in [2.75, 3.05) is 6.54 Å². The van der Waals surface area contributed by atoms with Gasteiger partial charge in [0.2, 0.25) is 0 Å². The summed E-state index contributed by atoms with van der Waals surface area (Å²) in [5.41, 5.74) is 4.53. The van der Waals surface area contributed by atoms with E-state index in [0.717, 1.165) is 47.9 Å². The predicted octanol–water partition coefficient (Wildman–Crippen LogP) is 3.37. The van der Waals surface area contributed by atoms with Crippen LogP contribution in [0, 0.1) is 0 Å². The maximum Gasteiger partial charge on any atom is 0.159 e. The van der Waals surface area contributed by atoms with Gasteiger partial charge in [0, 0.05) is 36.8 Å². The third-order valence-corrected chi connectivity index (χ3v) is 4.17. The fourth-order valence-corrected chi connectivity index (χ4v) is 2.82. The van der Waals surface area contributed by atoms with Gasteiger partial charge < -0.3 is 10.1 Å². The average molecular weight is 317 g/mol. The first kappa shape index (κ1) is 14.8. The van der Waals surface area contributed by atoms with Crippen molar-refractivity contribution in [3.63, 3.8) is 0 Å². The van der Waals surface area contributed by atoms with E-state index < -0.39 is 0 Å². The number of hydrogen-bond donors (Lipinski definition) is 1. The number of fused-ring (bicyclic) bond motifs is 1. The van der Waals surface area contributed by atoms with E-state index in [1.165, 1.54) is 5.56 Å². The van der Waals surface area contributed by atoms with Crippen LogP contribution in [0.3, 0.4) is 0 Å². The standard InChI is InChI=1S/C20H19N3O/c1-2-4-15(5-3-1)14-24-18-8-6-16(7-9-18)20-22-13-17-12-21-11-10-19(17)23-20/h1-9,13,21H,10-12,14H2. The van der Waals surface area contributed by atoms with Crippen molar-refractivity contribution in [2.24, 2.45) is 0 Å². The molecule has 3 aromatic rings. The van der Waals surface area contributed by atoms with Gasteiger partial charge in [0.1, 0.15) is 12.4 Å². The van der Waals surface area contributed by atoms with Crippen molar-refractivity contribution >= 4 is 0 Å². The highest BCUT2D eigenvalue weighted by molar-refractivity contribution is 5.56. The molecule has 4 heteroatoms. The first-order valence-corrected chi connectivity index (χ1v) is 8.21. The summed E-state index contributed by atoms with van der Waals surface area (Å²) in [5, 5.41) is 3.34. The number of hydrogen-bond acceptors (Lipinski definition) is 4. The molecular formula is C20H19N3O. The predicted molar refractivity (Wildman–Crippen MR) is 93.7 cm³/mol. The highest BCUT2D eigenvalue weighted by Gasteiger charge is 2.12. The van der Waals surface area contributed by atoms with Crippen molar-refractivity contribution in [1.29, 1.82) is 0 Å². The number of aromatic nitrogens is 2. The fraction of sp³-hybridized carbons (Fsp3) is 0.200. The number of ether oxygens (including phenoxy) is 1. The Balaban J connectivity index is 1.47. The molecule has 24 heavy (non-hydrogen) atoms. The second-order valence-corrected chi connectivity index (χ2v) is 5.89. The van der Waals surface area contributed by atoms with Crippen LogP contribution in [0.25, 0.3) is 11.4 Å². The molecule has 1 aliphatic rings. The Kier molecular flexibility index (Phi) is 4.21. The first-order valence-electron chi connectivity index (χ1n) is 8.21. The van der Waals surface area contributed by atoms with Crippen LogP contribution in [0.15, 0.2) is 60.8 Å². The molecule has 4 rings (SSSR count). The molecular weight excluding hydrogens is 298 g/mol. The van der Waals surface area contributed by atoms with E-state index in [2.05, 4.69) is 22.4 Å². The van der Waals surface area contributed by atoms with Gasteiger partial charge in [-0.3, -0.25) is 0 Å². The van der Waals surface area contributed by atoms with Crippen LogP contribution in [0.5, 0.6) is 5.75 Å². The molecule has 1 aromatic heterocycles. The maximum absolute atomic E-state index is 5.82. The summed E-state index contributed by atoms with van der Waals surface area (Å²) in [7, 11) is 0. The normalized spacial score (nSPS) is 13.3. The molecule has 0 saturated carbocycles. The van der Waals surface area contributed by atoms with Crippen LogP contribution in [-0.4, -0.2) is 16.5 Å². The van der Waals surface area contributed by atoms with Crippen molar-refractivity contribution in [1.82, 2.24) is 15.3 Å². The molecule has 0 fully saturated rings. The van der Waals surface area contributed by atoms with Gasteiger partial charge in [-0.05, 0) is 29.8 Å². The van der Waals surface area contributed by atoms with Crippen molar-refractivity contribution in [2.45, 2.75) is 19.6 Å². The number of benzene rings is 2. The van der Waals surface area contributed by atoms with Crippen molar-refractivity contribution in [3.05, 3.63) is 77.6 Å². The van der Waals surface area contributed by atoms with E-state index >= 15 is 0 Å². The minimum Gasteiger partial charge on any atom is -0.489 e. The zero-order valence-corrected chi connectivity index (χ0v) is 13.4. The van der Waals surface area contributed by atoms with E-state index in [1.807, 2.05) is 48.7 Å². The van der Waals surface area contributed by atoms with Gasteiger partial charge in [-0.25, -0.2) is 9.97 Å². The van der Waals surface area contributed by atoms with Gasteiger partial charge in [-0.15, -0.1) is 0 Å². The monoisotopic (exact) mass is 317 g/mol. The summed E-state index contributed by atoms with van der Waals surface area (Å²) < 4.78 is 5.82. The molecule has 0 bridgehead atoms. The summed E-state index contributed by atoms with van der Waals surface area (Å²) in [4.78, 5) is 9.21. The minimum absolute atomic E-state index is 0.572. The zero-order chi connectivity index (χ0) is 16.2. The highest BCUT2D eigenvalue weighted by atomic mass is 16.5. The van der Waals surface area contributed by atoms with E-state index in [1.54, 1.807) is 0 Å². The van der Waals surface area contributed by atoms with E-state index in [0.29, 0.717) is 6.61 Å². The van der Waals surface area contributed by atoms with Gasteiger partial charge in [0.25, 0.3) is 0 Å². The lowest BCUT2D eigenvalue weighted by Gasteiger charge is -2.16.